The Labute approximate surface area is 132 Å². The van der Waals surface area contributed by atoms with E-state index in [1.165, 1.54) is 0 Å². The molecule has 116 valence electrons. The summed E-state index contributed by atoms with van der Waals surface area (Å²) in [6.45, 7) is 4.29. The molecule has 0 aromatic heterocycles. The Hall–Kier alpha value is -1.26. The summed E-state index contributed by atoms with van der Waals surface area (Å²) in [6, 6.07) is 8.05. The molecule has 1 aromatic rings. The van der Waals surface area contributed by atoms with E-state index in [1.807, 2.05) is 36.1 Å². The van der Waals surface area contributed by atoms with Gasteiger partial charge in [0.25, 0.3) is 0 Å². The van der Waals surface area contributed by atoms with Crippen LogP contribution in [0, 0.1) is 5.92 Å². The van der Waals surface area contributed by atoms with Gasteiger partial charge in [0.2, 0.25) is 5.91 Å². The Morgan fingerprint density at radius 1 is 1.38 bits per heavy atom. The van der Waals surface area contributed by atoms with E-state index in [-0.39, 0.29) is 30.3 Å². The summed E-state index contributed by atoms with van der Waals surface area (Å²) in [6.07, 6.45) is 1.80. The first-order valence-electron chi connectivity index (χ1n) is 7.43. The molecule has 2 N–H and O–H groups in total. The van der Waals surface area contributed by atoms with Crippen molar-refractivity contribution in [2.75, 3.05) is 19.7 Å². The van der Waals surface area contributed by atoms with E-state index in [0.717, 1.165) is 37.2 Å². The number of carbonyl (C=O) groups is 1. The largest absolute Gasteiger partial charge is 0.493 e. The minimum absolute atomic E-state index is 0. The number of halogens is 1. The molecule has 3 unspecified atom stereocenters. The van der Waals surface area contributed by atoms with E-state index in [9.17, 15) is 4.79 Å². The molecule has 2 aliphatic heterocycles. The molecule has 3 rings (SSSR count). The highest BCUT2D eigenvalue weighted by Gasteiger charge is 2.35. The molecule has 0 radical (unpaired) electrons. The van der Waals surface area contributed by atoms with Crippen molar-refractivity contribution in [2.24, 2.45) is 11.7 Å². The highest BCUT2D eigenvalue weighted by molar-refractivity contribution is 5.85. The molecule has 1 saturated heterocycles. The number of amides is 1. The van der Waals surface area contributed by atoms with Crippen LogP contribution in [-0.2, 0) is 4.79 Å². The van der Waals surface area contributed by atoms with E-state index in [1.54, 1.807) is 0 Å². The topological polar surface area (TPSA) is 55.6 Å². The summed E-state index contributed by atoms with van der Waals surface area (Å²) in [5, 5.41) is 0. The summed E-state index contributed by atoms with van der Waals surface area (Å²) in [5.74, 6) is 1.49. The first kappa shape index (κ1) is 16.1. The summed E-state index contributed by atoms with van der Waals surface area (Å²) in [5.41, 5.74) is 6.99. The fourth-order valence-electron chi connectivity index (χ4n) is 3.24. The van der Waals surface area contributed by atoms with Crippen LogP contribution in [0.3, 0.4) is 0 Å². The number of nitrogens with two attached hydrogens (primary N) is 1. The van der Waals surface area contributed by atoms with Gasteiger partial charge in [0, 0.05) is 24.7 Å². The van der Waals surface area contributed by atoms with Crippen LogP contribution in [0.25, 0.3) is 0 Å². The highest BCUT2D eigenvalue weighted by atomic mass is 35.5. The van der Waals surface area contributed by atoms with Gasteiger partial charge in [-0.2, -0.15) is 0 Å². The fourth-order valence-corrected chi connectivity index (χ4v) is 3.24. The van der Waals surface area contributed by atoms with Gasteiger partial charge in [0.05, 0.1) is 12.5 Å². The van der Waals surface area contributed by atoms with Gasteiger partial charge in [-0.05, 0) is 31.7 Å². The maximum atomic E-state index is 12.8. The predicted molar refractivity (Wildman–Crippen MR) is 84.9 cm³/mol. The first-order valence-corrected chi connectivity index (χ1v) is 7.43. The van der Waals surface area contributed by atoms with Crippen LogP contribution in [0.2, 0.25) is 0 Å². The van der Waals surface area contributed by atoms with Gasteiger partial charge >= 0.3 is 0 Å². The molecule has 1 aromatic carbocycles. The zero-order chi connectivity index (χ0) is 14.1. The van der Waals surface area contributed by atoms with Crippen molar-refractivity contribution in [3.05, 3.63) is 29.8 Å². The molecule has 21 heavy (non-hydrogen) atoms. The van der Waals surface area contributed by atoms with Crippen LogP contribution in [0.4, 0.5) is 0 Å². The lowest BCUT2D eigenvalue weighted by molar-refractivity contribution is -0.132. The summed E-state index contributed by atoms with van der Waals surface area (Å²) < 4.78 is 5.64. The van der Waals surface area contributed by atoms with Gasteiger partial charge in [0.1, 0.15) is 5.75 Å². The van der Waals surface area contributed by atoms with E-state index in [4.69, 9.17) is 10.5 Å². The lowest BCUT2D eigenvalue weighted by atomic mass is 9.92. The molecule has 2 aliphatic rings. The van der Waals surface area contributed by atoms with Crippen molar-refractivity contribution >= 4 is 18.3 Å². The maximum Gasteiger partial charge on any atom is 0.230 e. The number of hydrogen-bond donors (Lipinski definition) is 1. The summed E-state index contributed by atoms with van der Waals surface area (Å²) in [7, 11) is 0. The Bertz CT molecular complexity index is 507. The first-order chi connectivity index (χ1) is 9.66. The van der Waals surface area contributed by atoms with Crippen LogP contribution in [0.15, 0.2) is 24.3 Å². The SMILES string of the molecule is CC(N)C1CCN(C(=O)C2CCOc3ccccc32)C1.Cl. The summed E-state index contributed by atoms with van der Waals surface area (Å²) >= 11 is 0. The fraction of sp³-hybridized carbons (Fsp3) is 0.562. The van der Waals surface area contributed by atoms with Crippen molar-refractivity contribution in [3.8, 4) is 5.75 Å². The Morgan fingerprint density at radius 3 is 2.86 bits per heavy atom. The van der Waals surface area contributed by atoms with E-state index < -0.39 is 0 Å². The van der Waals surface area contributed by atoms with Crippen molar-refractivity contribution in [1.29, 1.82) is 0 Å². The molecule has 0 saturated carbocycles. The molecule has 2 heterocycles. The van der Waals surface area contributed by atoms with Gasteiger partial charge in [0.15, 0.2) is 0 Å². The molecular formula is C16H23ClN2O2. The van der Waals surface area contributed by atoms with Gasteiger partial charge in [-0.3, -0.25) is 4.79 Å². The Balaban J connectivity index is 0.00000161. The lowest BCUT2D eigenvalue weighted by Crippen LogP contribution is -2.37. The summed E-state index contributed by atoms with van der Waals surface area (Å²) in [4.78, 5) is 14.7. The standard InChI is InChI=1S/C16H22N2O2.ClH/c1-11(17)12-6-8-18(10-12)16(19)14-7-9-20-15-5-3-2-4-13(14)15;/h2-5,11-12,14H,6-10,17H2,1H3;1H. The number of carbonyl (C=O) groups excluding carboxylic acids is 1. The molecule has 0 bridgehead atoms. The molecule has 3 atom stereocenters. The zero-order valence-electron chi connectivity index (χ0n) is 12.3. The Kier molecular flexibility index (Phi) is 5.12. The maximum absolute atomic E-state index is 12.8. The van der Waals surface area contributed by atoms with Crippen molar-refractivity contribution in [3.63, 3.8) is 0 Å². The molecule has 1 fully saturated rings. The second kappa shape index (κ2) is 6.67. The molecule has 0 aliphatic carbocycles. The number of rotatable bonds is 2. The number of para-hydroxylation sites is 1. The normalized spacial score (nSPS) is 25.5. The smallest absolute Gasteiger partial charge is 0.230 e. The van der Waals surface area contributed by atoms with Crippen LogP contribution >= 0.6 is 12.4 Å². The van der Waals surface area contributed by atoms with Gasteiger partial charge < -0.3 is 15.4 Å². The lowest BCUT2D eigenvalue weighted by Gasteiger charge is -2.29. The zero-order valence-corrected chi connectivity index (χ0v) is 13.1. The van der Waals surface area contributed by atoms with E-state index >= 15 is 0 Å². The minimum Gasteiger partial charge on any atom is -0.493 e. The third-order valence-corrected chi connectivity index (χ3v) is 4.54. The van der Waals surface area contributed by atoms with Crippen LogP contribution < -0.4 is 10.5 Å². The van der Waals surface area contributed by atoms with Crippen LogP contribution in [0.5, 0.6) is 5.75 Å². The van der Waals surface area contributed by atoms with Crippen molar-refractivity contribution in [2.45, 2.75) is 31.7 Å². The quantitative estimate of drug-likeness (QED) is 0.911. The number of likely N-dealkylation sites (tertiary alicyclic amines) is 1. The highest BCUT2D eigenvalue weighted by Crippen LogP contribution is 2.35. The van der Waals surface area contributed by atoms with Crippen LogP contribution in [-0.4, -0.2) is 36.5 Å². The molecule has 4 nitrogen and oxygen atoms in total. The second-order valence-corrected chi connectivity index (χ2v) is 5.92. The average molecular weight is 311 g/mol. The number of benzene rings is 1. The van der Waals surface area contributed by atoms with Gasteiger partial charge in [-0.1, -0.05) is 18.2 Å². The third-order valence-electron chi connectivity index (χ3n) is 4.54. The monoisotopic (exact) mass is 310 g/mol. The molecular weight excluding hydrogens is 288 g/mol. The minimum atomic E-state index is -0.0493. The number of hydrogen-bond acceptors (Lipinski definition) is 3. The third kappa shape index (κ3) is 3.16. The molecule has 0 spiro atoms. The number of ether oxygens (including phenoxy) is 1. The van der Waals surface area contributed by atoms with Crippen molar-refractivity contribution < 1.29 is 9.53 Å². The second-order valence-electron chi connectivity index (χ2n) is 5.92. The number of nitrogens with zero attached hydrogens (tertiary/aromatic N) is 1. The number of fused-ring (bicyclic) bond motifs is 1. The van der Waals surface area contributed by atoms with Crippen LogP contribution in [0.1, 0.15) is 31.2 Å². The molecule has 5 heteroatoms. The van der Waals surface area contributed by atoms with E-state index in [0.29, 0.717) is 12.5 Å². The van der Waals surface area contributed by atoms with Gasteiger partial charge in [-0.25, -0.2) is 0 Å². The van der Waals surface area contributed by atoms with Gasteiger partial charge in [-0.15, -0.1) is 12.4 Å². The van der Waals surface area contributed by atoms with E-state index in [2.05, 4.69) is 0 Å². The van der Waals surface area contributed by atoms with Crippen molar-refractivity contribution in [1.82, 2.24) is 4.90 Å². The predicted octanol–water partition coefficient (Wildman–Crippen LogP) is 2.17. The Morgan fingerprint density at radius 2 is 2.14 bits per heavy atom. The molecule has 1 amide bonds. The average Bonchev–Trinajstić information content (AvgIpc) is 2.96.